The van der Waals surface area contributed by atoms with Crippen LogP contribution in [0.25, 0.3) is 0 Å². The van der Waals surface area contributed by atoms with E-state index in [2.05, 4.69) is 11.9 Å². The Morgan fingerprint density at radius 3 is 2.63 bits per heavy atom. The molecule has 0 bridgehead atoms. The summed E-state index contributed by atoms with van der Waals surface area (Å²) in [6, 6.07) is 9.13. The van der Waals surface area contributed by atoms with Crippen LogP contribution in [0.4, 0.5) is 4.39 Å². The van der Waals surface area contributed by atoms with Gasteiger partial charge in [0.05, 0.1) is 12.1 Å². The molecule has 0 spiro atoms. The summed E-state index contributed by atoms with van der Waals surface area (Å²) >= 11 is 5.75. The Morgan fingerprint density at radius 2 is 2.00 bits per heavy atom. The number of alkyl halides is 1. The fourth-order valence-electron chi connectivity index (χ4n) is 1.78. The third-order valence-electron chi connectivity index (χ3n) is 2.71. The highest BCUT2D eigenvalue weighted by molar-refractivity contribution is 6.17. The topological polar surface area (TPSA) is 22.1 Å². The van der Waals surface area contributed by atoms with Crippen LogP contribution in [0.2, 0.25) is 0 Å². The van der Waals surface area contributed by atoms with Gasteiger partial charge < -0.3 is 4.74 Å². The van der Waals surface area contributed by atoms with Crippen molar-refractivity contribution >= 4 is 11.6 Å². The van der Waals surface area contributed by atoms with Crippen molar-refractivity contribution in [3.8, 4) is 11.6 Å². The maximum absolute atomic E-state index is 13.0. The summed E-state index contributed by atoms with van der Waals surface area (Å²) in [5.41, 5.74) is 1.80. The van der Waals surface area contributed by atoms with E-state index >= 15 is 0 Å². The van der Waals surface area contributed by atoms with Crippen LogP contribution in [-0.4, -0.2) is 4.98 Å². The quantitative estimate of drug-likeness (QED) is 0.740. The monoisotopic (exact) mass is 279 g/mol. The summed E-state index contributed by atoms with van der Waals surface area (Å²) in [6.07, 6.45) is 3.27. The molecule has 19 heavy (non-hydrogen) atoms. The molecule has 2 aromatic rings. The first-order chi connectivity index (χ1) is 9.22. The highest BCUT2D eigenvalue weighted by Gasteiger charge is 2.07. The zero-order chi connectivity index (χ0) is 13.7. The number of aryl methyl sites for hydroxylation is 1. The third-order valence-corrected chi connectivity index (χ3v) is 3.00. The Kier molecular flexibility index (Phi) is 4.74. The molecule has 1 aromatic carbocycles. The second-order valence-corrected chi connectivity index (χ2v) is 4.51. The summed E-state index contributed by atoms with van der Waals surface area (Å²) in [4.78, 5) is 3.92. The number of rotatable bonds is 5. The average molecular weight is 280 g/mol. The Morgan fingerprint density at radius 1 is 1.26 bits per heavy atom. The van der Waals surface area contributed by atoms with Gasteiger partial charge >= 0.3 is 0 Å². The molecular formula is C15H15ClFNO. The van der Waals surface area contributed by atoms with Crippen molar-refractivity contribution < 1.29 is 9.13 Å². The number of hydrogen-bond donors (Lipinski definition) is 0. The maximum atomic E-state index is 13.0. The van der Waals surface area contributed by atoms with Crippen LogP contribution in [0.15, 0.2) is 36.5 Å². The number of ether oxygens (including phenoxy) is 1. The smallest absolute Gasteiger partial charge is 0.223 e. The van der Waals surface area contributed by atoms with Gasteiger partial charge in [-0.15, -0.1) is 11.6 Å². The second-order valence-electron chi connectivity index (χ2n) is 4.25. The lowest BCUT2D eigenvalue weighted by Gasteiger charge is -2.09. The van der Waals surface area contributed by atoms with Crippen LogP contribution >= 0.6 is 11.6 Å². The molecule has 4 heteroatoms. The minimum atomic E-state index is -0.415. The van der Waals surface area contributed by atoms with Crippen LogP contribution < -0.4 is 4.74 Å². The molecule has 2 nitrogen and oxygen atoms in total. The molecule has 0 radical (unpaired) electrons. The van der Waals surface area contributed by atoms with Crippen molar-refractivity contribution in [1.82, 2.24) is 4.98 Å². The average Bonchev–Trinajstić information content (AvgIpc) is 2.43. The highest BCUT2D eigenvalue weighted by Crippen LogP contribution is 2.25. The van der Waals surface area contributed by atoms with E-state index in [4.69, 9.17) is 16.3 Å². The number of benzene rings is 1. The molecule has 0 saturated heterocycles. The van der Waals surface area contributed by atoms with Gasteiger partial charge in [-0.05, 0) is 30.2 Å². The molecule has 0 aliphatic carbocycles. The van der Waals surface area contributed by atoms with Gasteiger partial charge in [-0.25, -0.2) is 9.37 Å². The number of pyridine rings is 1. The number of hydrogen-bond acceptors (Lipinski definition) is 2. The van der Waals surface area contributed by atoms with E-state index in [9.17, 15) is 4.39 Å². The molecule has 0 aliphatic heterocycles. The minimum Gasteiger partial charge on any atom is -0.439 e. The van der Waals surface area contributed by atoms with E-state index in [-0.39, 0.29) is 5.88 Å². The SMILES string of the molecule is CCCc1ccc(Oc2ncc(F)cc2CCl)cc1. The molecule has 0 amide bonds. The predicted molar refractivity (Wildman–Crippen MR) is 74.3 cm³/mol. The Hall–Kier alpha value is -1.61. The molecule has 0 fully saturated rings. The van der Waals surface area contributed by atoms with Crippen molar-refractivity contribution in [3.05, 3.63) is 53.5 Å². The Bertz CT molecular complexity index is 542. The van der Waals surface area contributed by atoms with E-state index in [1.807, 2.05) is 24.3 Å². The van der Waals surface area contributed by atoms with Crippen molar-refractivity contribution in [2.75, 3.05) is 0 Å². The van der Waals surface area contributed by atoms with Crippen LogP contribution in [-0.2, 0) is 12.3 Å². The standard InChI is InChI=1S/C15H15ClFNO/c1-2-3-11-4-6-14(7-5-11)19-15-12(9-16)8-13(17)10-18-15/h4-8,10H,2-3,9H2,1H3. The Labute approximate surface area is 117 Å². The largest absolute Gasteiger partial charge is 0.439 e. The lowest BCUT2D eigenvalue weighted by molar-refractivity contribution is 0.454. The first-order valence-electron chi connectivity index (χ1n) is 6.20. The van der Waals surface area contributed by atoms with Gasteiger partial charge in [0, 0.05) is 5.56 Å². The molecule has 0 unspecified atom stereocenters. The summed E-state index contributed by atoms with van der Waals surface area (Å²) in [5, 5.41) is 0. The van der Waals surface area contributed by atoms with Crippen molar-refractivity contribution in [1.29, 1.82) is 0 Å². The number of halogens is 2. The molecule has 2 rings (SSSR count). The van der Waals surface area contributed by atoms with E-state index < -0.39 is 5.82 Å². The number of aromatic nitrogens is 1. The van der Waals surface area contributed by atoms with E-state index in [0.717, 1.165) is 19.0 Å². The van der Waals surface area contributed by atoms with E-state index in [1.165, 1.54) is 11.6 Å². The van der Waals surface area contributed by atoms with Gasteiger partial charge in [-0.1, -0.05) is 25.5 Å². The highest BCUT2D eigenvalue weighted by atomic mass is 35.5. The van der Waals surface area contributed by atoms with Gasteiger partial charge in [0.25, 0.3) is 0 Å². The predicted octanol–water partition coefficient (Wildman–Crippen LogP) is 4.70. The van der Waals surface area contributed by atoms with Crippen molar-refractivity contribution in [2.24, 2.45) is 0 Å². The molecule has 0 atom stereocenters. The molecule has 0 aliphatic rings. The van der Waals surface area contributed by atoms with Gasteiger partial charge in [0.2, 0.25) is 5.88 Å². The first kappa shape index (κ1) is 13.8. The van der Waals surface area contributed by atoms with Crippen molar-refractivity contribution in [2.45, 2.75) is 25.6 Å². The second kappa shape index (κ2) is 6.53. The van der Waals surface area contributed by atoms with E-state index in [1.54, 1.807) is 0 Å². The molecule has 1 heterocycles. The minimum absolute atomic E-state index is 0.161. The van der Waals surface area contributed by atoms with Gasteiger partial charge in [-0.3, -0.25) is 0 Å². The first-order valence-corrected chi connectivity index (χ1v) is 6.73. The van der Waals surface area contributed by atoms with Crippen molar-refractivity contribution in [3.63, 3.8) is 0 Å². The summed E-state index contributed by atoms with van der Waals surface area (Å²) < 4.78 is 18.7. The lowest BCUT2D eigenvalue weighted by atomic mass is 10.1. The molecule has 0 N–H and O–H groups in total. The van der Waals surface area contributed by atoms with Crippen LogP contribution in [0.1, 0.15) is 24.5 Å². The molecule has 1 aromatic heterocycles. The Balaban J connectivity index is 2.16. The summed E-state index contributed by atoms with van der Waals surface area (Å²) in [6.45, 7) is 2.14. The van der Waals surface area contributed by atoms with Crippen LogP contribution in [0.3, 0.4) is 0 Å². The van der Waals surface area contributed by atoms with Crippen LogP contribution in [0.5, 0.6) is 11.6 Å². The fourth-order valence-corrected chi connectivity index (χ4v) is 1.97. The van der Waals surface area contributed by atoms with Crippen LogP contribution in [0, 0.1) is 5.82 Å². The number of nitrogens with zero attached hydrogens (tertiary/aromatic N) is 1. The zero-order valence-corrected chi connectivity index (χ0v) is 11.5. The van der Waals surface area contributed by atoms with Gasteiger partial charge in [0.15, 0.2) is 0 Å². The molecule has 100 valence electrons. The zero-order valence-electron chi connectivity index (χ0n) is 10.7. The van der Waals surface area contributed by atoms with Gasteiger partial charge in [0.1, 0.15) is 11.6 Å². The van der Waals surface area contributed by atoms with E-state index in [0.29, 0.717) is 17.2 Å². The fraction of sp³-hybridized carbons (Fsp3) is 0.267. The normalized spacial score (nSPS) is 10.5. The lowest BCUT2D eigenvalue weighted by Crippen LogP contribution is -1.94. The molecular weight excluding hydrogens is 265 g/mol. The molecule has 0 saturated carbocycles. The van der Waals surface area contributed by atoms with Gasteiger partial charge in [-0.2, -0.15) is 0 Å². The maximum Gasteiger partial charge on any atom is 0.223 e. The summed E-state index contributed by atoms with van der Waals surface area (Å²) in [5.74, 6) is 0.764. The summed E-state index contributed by atoms with van der Waals surface area (Å²) in [7, 11) is 0. The third kappa shape index (κ3) is 3.67.